The Kier molecular flexibility index (Phi) is 5.16. The Bertz CT molecular complexity index is 597. The number of nitrogens with two attached hydrogens (primary N) is 1. The molecule has 0 saturated carbocycles. The summed E-state index contributed by atoms with van der Waals surface area (Å²) < 4.78 is 0.926. The van der Waals surface area contributed by atoms with Crippen LogP contribution in [0, 0.1) is 0 Å². The van der Waals surface area contributed by atoms with Gasteiger partial charge in [-0.15, -0.1) is 0 Å². The largest absolute Gasteiger partial charge is 0.387 e. The topological polar surface area (TPSA) is 75.4 Å². The Morgan fingerprint density at radius 3 is 2.67 bits per heavy atom. The molecule has 0 spiro atoms. The molecule has 2 rings (SSSR count). The van der Waals surface area contributed by atoms with E-state index >= 15 is 0 Å². The number of hydrogen-bond acceptors (Lipinski definition) is 4. The lowest BCUT2D eigenvalue weighted by Gasteiger charge is -2.25. The van der Waals surface area contributed by atoms with E-state index in [0.29, 0.717) is 5.56 Å². The van der Waals surface area contributed by atoms with Crippen molar-refractivity contribution in [2.45, 2.75) is 18.6 Å². The maximum Gasteiger partial charge on any atom is 0.244 e. The highest BCUT2D eigenvalue weighted by atomic mass is 79.9. The van der Waals surface area contributed by atoms with Gasteiger partial charge >= 0.3 is 0 Å². The van der Waals surface area contributed by atoms with Gasteiger partial charge in [0.2, 0.25) is 5.91 Å². The molecular formula is C15H17BrN2O2S. The number of nitrogens with one attached hydrogen (secondary N) is 1. The molecule has 0 aliphatic carbocycles. The van der Waals surface area contributed by atoms with Crippen LogP contribution in [0.1, 0.15) is 24.2 Å². The minimum Gasteiger partial charge on any atom is -0.387 e. The fourth-order valence-corrected chi connectivity index (χ4v) is 2.85. The molecule has 21 heavy (non-hydrogen) atoms. The predicted molar refractivity (Wildman–Crippen MR) is 88.0 cm³/mol. The average Bonchev–Trinajstić information content (AvgIpc) is 2.99. The molecule has 2 aromatic rings. The van der Waals surface area contributed by atoms with Crippen molar-refractivity contribution in [2.24, 2.45) is 5.73 Å². The van der Waals surface area contributed by atoms with Crippen LogP contribution in [0.15, 0.2) is 45.6 Å². The molecule has 0 bridgehead atoms. The summed E-state index contributed by atoms with van der Waals surface area (Å²) in [4.78, 5) is 12.3. The summed E-state index contributed by atoms with van der Waals surface area (Å²) in [5, 5.41) is 16.4. The van der Waals surface area contributed by atoms with E-state index in [0.717, 1.165) is 10.0 Å². The van der Waals surface area contributed by atoms with E-state index in [9.17, 15) is 9.90 Å². The van der Waals surface area contributed by atoms with Crippen LogP contribution in [0.5, 0.6) is 0 Å². The second-order valence-electron chi connectivity index (χ2n) is 4.99. The normalized spacial score (nSPS) is 15.2. The number of halogens is 1. The highest BCUT2D eigenvalue weighted by molar-refractivity contribution is 9.10. The number of carbonyl (C=O) groups excluding carboxylic acids is 1. The Morgan fingerprint density at radius 2 is 2.10 bits per heavy atom. The fourth-order valence-electron chi connectivity index (χ4n) is 1.88. The molecule has 1 heterocycles. The Morgan fingerprint density at radius 1 is 1.43 bits per heavy atom. The fraction of sp³-hybridized carbons (Fsp3) is 0.267. The molecule has 0 fully saturated rings. The van der Waals surface area contributed by atoms with E-state index < -0.39 is 11.6 Å². The summed E-state index contributed by atoms with van der Waals surface area (Å²) >= 11 is 4.85. The Labute approximate surface area is 136 Å². The van der Waals surface area contributed by atoms with Gasteiger partial charge in [-0.1, -0.05) is 28.1 Å². The maximum absolute atomic E-state index is 12.3. The van der Waals surface area contributed by atoms with Gasteiger partial charge in [0.1, 0.15) is 5.54 Å². The summed E-state index contributed by atoms with van der Waals surface area (Å²) in [7, 11) is 0. The molecule has 0 aliphatic rings. The van der Waals surface area contributed by atoms with Crippen LogP contribution < -0.4 is 11.1 Å². The third-order valence-electron chi connectivity index (χ3n) is 3.30. The third-order valence-corrected chi connectivity index (χ3v) is 4.53. The summed E-state index contributed by atoms with van der Waals surface area (Å²) in [6.07, 6.45) is -0.721. The van der Waals surface area contributed by atoms with E-state index in [2.05, 4.69) is 21.2 Å². The van der Waals surface area contributed by atoms with Gasteiger partial charge in [-0.3, -0.25) is 4.79 Å². The summed E-state index contributed by atoms with van der Waals surface area (Å²) in [5.41, 5.74) is 6.50. The number of thiophene rings is 1. The first-order chi connectivity index (χ1) is 9.91. The highest BCUT2D eigenvalue weighted by Gasteiger charge is 2.30. The monoisotopic (exact) mass is 368 g/mol. The summed E-state index contributed by atoms with van der Waals surface area (Å²) in [5.74, 6) is -0.320. The number of carbonyl (C=O) groups is 1. The van der Waals surface area contributed by atoms with E-state index in [1.807, 2.05) is 29.0 Å². The number of rotatable bonds is 5. The van der Waals surface area contributed by atoms with Crippen LogP contribution in [-0.4, -0.2) is 17.6 Å². The molecule has 1 aromatic heterocycles. The molecule has 4 N–H and O–H groups in total. The molecule has 1 aromatic carbocycles. The second-order valence-corrected chi connectivity index (χ2v) is 6.69. The van der Waals surface area contributed by atoms with Gasteiger partial charge in [0.25, 0.3) is 0 Å². The molecule has 112 valence electrons. The third kappa shape index (κ3) is 3.91. The van der Waals surface area contributed by atoms with Crippen molar-refractivity contribution in [2.75, 3.05) is 6.54 Å². The van der Waals surface area contributed by atoms with Crippen molar-refractivity contribution < 1.29 is 9.90 Å². The molecule has 0 saturated heterocycles. The smallest absolute Gasteiger partial charge is 0.244 e. The van der Waals surface area contributed by atoms with Crippen molar-refractivity contribution in [3.8, 4) is 0 Å². The number of aliphatic hydroxyl groups is 1. The van der Waals surface area contributed by atoms with E-state index in [4.69, 9.17) is 5.73 Å². The number of benzene rings is 1. The quantitative estimate of drug-likeness (QED) is 0.758. The zero-order chi connectivity index (χ0) is 15.5. The summed E-state index contributed by atoms with van der Waals surface area (Å²) in [6, 6.07) is 9.12. The Hall–Kier alpha value is -1.21. The maximum atomic E-state index is 12.3. The number of amides is 1. The first-order valence-electron chi connectivity index (χ1n) is 6.44. The molecule has 6 heteroatoms. The van der Waals surface area contributed by atoms with Crippen molar-refractivity contribution in [3.05, 3.63) is 56.7 Å². The van der Waals surface area contributed by atoms with Gasteiger partial charge in [-0.05, 0) is 47.0 Å². The van der Waals surface area contributed by atoms with Crippen molar-refractivity contribution in [1.82, 2.24) is 5.32 Å². The molecule has 0 radical (unpaired) electrons. The lowest BCUT2D eigenvalue weighted by atomic mass is 9.92. The average molecular weight is 369 g/mol. The highest BCUT2D eigenvalue weighted by Crippen LogP contribution is 2.21. The van der Waals surface area contributed by atoms with Gasteiger partial charge in [-0.2, -0.15) is 11.3 Å². The van der Waals surface area contributed by atoms with E-state index in [-0.39, 0.29) is 12.5 Å². The lowest BCUT2D eigenvalue weighted by molar-refractivity contribution is -0.126. The van der Waals surface area contributed by atoms with Gasteiger partial charge in [0.05, 0.1) is 6.10 Å². The minimum absolute atomic E-state index is 0.138. The van der Waals surface area contributed by atoms with Crippen LogP contribution in [0.4, 0.5) is 0 Å². The van der Waals surface area contributed by atoms with Crippen LogP contribution >= 0.6 is 27.3 Å². The lowest BCUT2D eigenvalue weighted by Crippen LogP contribution is -2.49. The van der Waals surface area contributed by atoms with Gasteiger partial charge in [0.15, 0.2) is 0 Å². The molecule has 1 amide bonds. The van der Waals surface area contributed by atoms with Gasteiger partial charge in [-0.25, -0.2) is 0 Å². The second kappa shape index (κ2) is 6.70. The minimum atomic E-state index is -1.14. The van der Waals surface area contributed by atoms with Crippen LogP contribution in [0.25, 0.3) is 0 Å². The van der Waals surface area contributed by atoms with Crippen LogP contribution in [-0.2, 0) is 10.3 Å². The molecule has 0 aliphatic heterocycles. The zero-order valence-electron chi connectivity index (χ0n) is 11.5. The summed E-state index contributed by atoms with van der Waals surface area (Å²) in [6.45, 7) is 1.79. The predicted octanol–water partition coefficient (Wildman–Crippen LogP) is 2.53. The van der Waals surface area contributed by atoms with Gasteiger partial charge in [0, 0.05) is 11.0 Å². The van der Waals surface area contributed by atoms with Crippen LogP contribution in [0.2, 0.25) is 0 Å². The van der Waals surface area contributed by atoms with E-state index in [1.165, 1.54) is 11.3 Å². The SMILES string of the molecule is CC(N)(C(=O)NCC(O)c1ccsc1)c1ccc(Br)cc1. The van der Waals surface area contributed by atoms with Gasteiger partial charge < -0.3 is 16.2 Å². The van der Waals surface area contributed by atoms with Crippen molar-refractivity contribution in [1.29, 1.82) is 0 Å². The standard InChI is InChI=1S/C15H17BrN2O2S/c1-15(17,11-2-4-12(16)5-3-11)14(20)18-8-13(19)10-6-7-21-9-10/h2-7,9,13,19H,8,17H2,1H3,(H,18,20). The van der Waals surface area contributed by atoms with Crippen molar-refractivity contribution in [3.63, 3.8) is 0 Å². The number of aliphatic hydroxyl groups excluding tert-OH is 1. The molecule has 2 atom stereocenters. The molecule has 4 nitrogen and oxygen atoms in total. The van der Waals surface area contributed by atoms with Crippen molar-refractivity contribution >= 4 is 33.2 Å². The Balaban J connectivity index is 2.00. The van der Waals surface area contributed by atoms with E-state index in [1.54, 1.807) is 19.1 Å². The zero-order valence-corrected chi connectivity index (χ0v) is 13.9. The van der Waals surface area contributed by atoms with Crippen LogP contribution in [0.3, 0.4) is 0 Å². The first-order valence-corrected chi connectivity index (χ1v) is 8.18. The number of hydrogen-bond donors (Lipinski definition) is 3. The molecular weight excluding hydrogens is 352 g/mol. The first kappa shape index (κ1) is 16.2. The molecule has 2 unspecified atom stereocenters.